The second kappa shape index (κ2) is 9.16. The van der Waals surface area contributed by atoms with E-state index in [1.54, 1.807) is 0 Å². The lowest BCUT2D eigenvalue weighted by molar-refractivity contribution is 0.175. The van der Waals surface area contributed by atoms with Crippen LogP contribution < -0.4 is 14.2 Å². The predicted molar refractivity (Wildman–Crippen MR) is 112 cm³/mol. The lowest BCUT2D eigenvalue weighted by Crippen LogP contribution is -2.20. The normalized spacial score (nSPS) is 11.9. The average Bonchev–Trinajstić information content (AvgIpc) is 2.67. The van der Waals surface area contributed by atoms with Crippen molar-refractivity contribution in [1.82, 2.24) is 0 Å². The van der Waals surface area contributed by atoms with Gasteiger partial charge in [0.25, 0.3) is 0 Å². The first kappa shape index (κ1) is 21.1. The van der Waals surface area contributed by atoms with Crippen molar-refractivity contribution in [1.29, 1.82) is 0 Å². The third kappa shape index (κ3) is 7.16. The van der Waals surface area contributed by atoms with Crippen LogP contribution >= 0.6 is 0 Å². The van der Waals surface area contributed by atoms with Crippen molar-refractivity contribution < 1.29 is 14.2 Å². The molecule has 0 spiro atoms. The number of ether oxygens (including phenoxy) is 3. The van der Waals surface area contributed by atoms with Crippen LogP contribution in [0.4, 0.5) is 0 Å². The van der Waals surface area contributed by atoms with E-state index in [-0.39, 0.29) is 10.8 Å². The van der Waals surface area contributed by atoms with E-state index in [1.807, 2.05) is 48.5 Å². The van der Waals surface area contributed by atoms with Crippen molar-refractivity contribution in [3.05, 3.63) is 48.5 Å². The van der Waals surface area contributed by atoms with Crippen molar-refractivity contribution >= 4 is 0 Å². The van der Waals surface area contributed by atoms with Gasteiger partial charge in [-0.3, -0.25) is 0 Å². The minimum atomic E-state index is 0.186. The summed E-state index contributed by atoms with van der Waals surface area (Å²) in [6.45, 7) is 14.6. The van der Waals surface area contributed by atoms with Crippen molar-refractivity contribution in [3.63, 3.8) is 0 Å². The molecule has 0 aromatic heterocycles. The number of hydrogen-bond donors (Lipinski definition) is 0. The number of rotatable bonds is 10. The minimum absolute atomic E-state index is 0.186. The molecule has 0 atom stereocenters. The summed E-state index contributed by atoms with van der Waals surface area (Å²) in [5.41, 5.74) is 0.372. The first-order chi connectivity index (χ1) is 12.7. The second-order valence-corrected chi connectivity index (χ2v) is 8.66. The third-order valence-electron chi connectivity index (χ3n) is 5.06. The molecule has 0 heterocycles. The SMILES string of the molecule is CCC(C)(C)COc1ccc(Oc2ccc(OCC(C)(C)CC)cc2)cc1. The van der Waals surface area contributed by atoms with E-state index in [2.05, 4.69) is 41.5 Å². The smallest absolute Gasteiger partial charge is 0.127 e. The molecule has 0 N–H and O–H groups in total. The van der Waals surface area contributed by atoms with E-state index < -0.39 is 0 Å². The lowest BCUT2D eigenvalue weighted by atomic mass is 9.92. The minimum Gasteiger partial charge on any atom is -0.493 e. The largest absolute Gasteiger partial charge is 0.493 e. The molecule has 0 amide bonds. The average molecular weight is 371 g/mol. The van der Waals surface area contributed by atoms with Gasteiger partial charge in [-0.1, -0.05) is 41.5 Å². The molecule has 0 aliphatic rings. The molecule has 27 heavy (non-hydrogen) atoms. The summed E-state index contributed by atoms with van der Waals surface area (Å²) in [7, 11) is 0. The van der Waals surface area contributed by atoms with Crippen LogP contribution in [0.2, 0.25) is 0 Å². The van der Waals surface area contributed by atoms with Gasteiger partial charge < -0.3 is 14.2 Å². The molecular weight excluding hydrogens is 336 g/mol. The highest BCUT2D eigenvalue weighted by Crippen LogP contribution is 2.28. The maximum Gasteiger partial charge on any atom is 0.127 e. The zero-order chi connectivity index (χ0) is 19.9. The van der Waals surface area contributed by atoms with E-state index in [4.69, 9.17) is 14.2 Å². The maximum atomic E-state index is 5.91. The summed E-state index contributed by atoms with van der Waals surface area (Å²) in [5.74, 6) is 3.31. The van der Waals surface area contributed by atoms with Gasteiger partial charge in [0.05, 0.1) is 13.2 Å². The Labute approximate surface area is 164 Å². The van der Waals surface area contributed by atoms with Gasteiger partial charge in [-0.15, -0.1) is 0 Å². The Bertz CT molecular complexity index is 623. The van der Waals surface area contributed by atoms with Crippen molar-refractivity contribution in [2.75, 3.05) is 13.2 Å². The molecule has 2 aromatic carbocycles. The highest BCUT2D eigenvalue weighted by molar-refractivity contribution is 5.37. The highest BCUT2D eigenvalue weighted by Gasteiger charge is 2.16. The molecule has 3 nitrogen and oxygen atoms in total. The predicted octanol–water partition coefficient (Wildman–Crippen LogP) is 7.11. The Hall–Kier alpha value is -2.16. The first-order valence-corrected chi connectivity index (χ1v) is 9.87. The molecule has 3 heteroatoms. The van der Waals surface area contributed by atoms with Crippen LogP contribution in [0.15, 0.2) is 48.5 Å². The van der Waals surface area contributed by atoms with E-state index in [1.165, 1.54) is 0 Å². The van der Waals surface area contributed by atoms with E-state index in [9.17, 15) is 0 Å². The Morgan fingerprint density at radius 1 is 0.556 bits per heavy atom. The van der Waals surface area contributed by atoms with Crippen LogP contribution in [0.5, 0.6) is 23.0 Å². The van der Waals surface area contributed by atoms with E-state index in [0.717, 1.165) is 35.8 Å². The highest BCUT2D eigenvalue weighted by atomic mass is 16.5. The molecular formula is C24H34O3. The van der Waals surface area contributed by atoms with Crippen LogP contribution in [0, 0.1) is 10.8 Å². The fourth-order valence-electron chi connectivity index (χ4n) is 2.11. The zero-order valence-corrected chi connectivity index (χ0v) is 17.7. The summed E-state index contributed by atoms with van der Waals surface area (Å²) in [6, 6.07) is 15.5. The quantitative estimate of drug-likeness (QED) is 0.446. The Morgan fingerprint density at radius 3 is 1.15 bits per heavy atom. The van der Waals surface area contributed by atoms with Gasteiger partial charge >= 0.3 is 0 Å². The van der Waals surface area contributed by atoms with Gasteiger partial charge in [0.1, 0.15) is 23.0 Å². The molecule has 0 aliphatic heterocycles. The van der Waals surface area contributed by atoms with Gasteiger partial charge in [0, 0.05) is 0 Å². The molecule has 0 saturated carbocycles. The zero-order valence-electron chi connectivity index (χ0n) is 17.7. The first-order valence-electron chi connectivity index (χ1n) is 9.87. The Morgan fingerprint density at radius 2 is 0.852 bits per heavy atom. The standard InChI is InChI=1S/C24H34O3/c1-7-23(3,4)17-25-19-9-13-21(14-10-19)27-22-15-11-20(12-16-22)26-18-24(5,6)8-2/h9-16H,7-8,17-18H2,1-6H3. The molecule has 0 bridgehead atoms. The molecule has 0 saturated heterocycles. The fraction of sp³-hybridized carbons (Fsp3) is 0.500. The van der Waals surface area contributed by atoms with Crippen molar-refractivity contribution in [2.24, 2.45) is 10.8 Å². The van der Waals surface area contributed by atoms with Crippen LogP contribution in [-0.4, -0.2) is 13.2 Å². The monoisotopic (exact) mass is 370 g/mol. The van der Waals surface area contributed by atoms with Gasteiger partial charge in [0.2, 0.25) is 0 Å². The van der Waals surface area contributed by atoms with Crippen LogP contribution in [-0.2, 0) is 0 Å². The summed E-state index contributed by atoms with van der Waals surface area (Å²) in [4.78, 5) is 0. The van der Waals surface area contributed by atoms with Crippen LogP contribution in [0.3, 0.4) is 0 Å². The lowest BCUT2D eigenvalue weighted by Gasteiger charge is -2.22. The Kier molecular flexibility index (Phi) is 7.18. The molecule has 0 unspecified atom stereocenters. The third-order valence-corrected chi connectivity index (χ3v) is 5.06. The maximum absolute atomic E-state index is 5.91. The second-order valence-electron chi connectivity index (χ2n) is 8.66. The van der Waals surface area contributed by atoms with Gasteiger partial charge in [-0.2, -0.15) is 0 Å². The van der Waals surface area contributed by atoms with Crippen molar-refractivity contribution in [3.8, 4) is 23.0 Å². The fourth-order valence-corrected chi connectivity index (χ4v) is 2.11. The van der Waals surface area contributed by atoms with E-state index >= 15 is 0 Å². The summed E-state index contributed by atoms with van der Waals surface area (Å²) >= 11 is 0. The summed E-state index contributed by atoms with van der Waals surface area (Å²) < 4.78 is 17.7. The molecule has 2 rings (SSSR count). The van der Waals surface area contributed by atoms with Crippen LogP contribution in [0.25, 0.3) is 0 Å². The van der Waals surface area contributed by atoms with Gasteiger partial charge in [-0.05, 0) is 72.2 Å². The molecule has 2 aromatic rings. The van der Waals surface area contributed by atoms with Gasteiger partial charge in [-0.25, -0.2) is 0 Å². The number of benzene rings is 2. The van der Waals surface area contributed by atoms with Crippen LogP contribution in [0.1, 0.15) is 54.4 Å². The summed E-state index contributed by atoms with van der Waals surface area (Å²) in [5, 5.41) is 0. The van der Waals surface area contributed by atoms with E-state index in [0.29, 0.717) is 13.2 Å². The topological polar surface area (TPSA) is 27.7 Å². The molecule has 0 radical (unpaired) electrons. The number of hydrogen-bond acceptors (Lipinski definition) is 3. The Balaban J connectivity index is 1.88. The summed E-state index contributed by atoms with van der Waals surface area (Å²) in [6.07, 6.45) is 2.17. The van der Waals surface area contributed by atoms with Gasteiger partial charge in [0.15, 0.2) is 0 Å². The molecule has 0 aliphatic carbocycles. The van der Waals surface area contributed by atoms with Crippen molar-refractivity contribution in [2.45, 2.75) is 54.4 Å². The molecule has 148 valence electrons. The molecule has 0 fully saturated rings.